The molecule has 0 bridgehead atoms. The van der Waals surface area contributed by atoms with Crippen molar-refractivity contribution in [3.8, 4) is 0 Å². The van der Waals surface area contributed by atoms with Crippen LogP contribution < -0.4 is 10.6 Å². The minimum absolute atomic E-state index is 0.474. The highest BCUT2D eigenvalue weighted by Crippen LogP contribution is 2.25. The summed E-state index contributed by atoms with van der Waals surface area (Å²) in [6, 6.07) is 12.4. The van der Waals surface area contributed by atoms with E-state index in [0.29, 0.717) is 18.5 Å². The molecule has 1 saturated carbocycles. The number of furan rings is 1. The van der Waals surface area contributed by atoms with Gasteiger partial charge in [-0.3, -0.25) is 0 Å². The van der Waals surface area contributed by atoms with Crippen molar-refractivity contribution in [1.82, 2.24) is 9.97 Å². The van der Waals surface area contributed by atoms with Gasteiger partial charge < -0.3 is 15.1 Å². The van der Waals surface area contributed by atoms with E-state index < -0.39 is 0 Å². The average molecular weight is 336 g/mol. The molecule has 0 atom stereocenters. The van der Waals surface area contributed by atoms with Gasteiger partial charge in [-0.1, -0.05) is 37.8 Å². The van der Waals surface area contributed by atoms with E-state index >= 15 is 0 Å². The molecule has 5 nitrogen and oxygen atoms in total. The zero-order valence-electron chi connectivity index (χ0n) is 14.4. The van der Waals surface area contributed by atoms with E-state index in [0.717, 1.165) is 22.5 Å². The largest absolute Gasteiger partial charge is 0.467 e. The highest BCUT2D eigenvalue weighted by atomic mass is 16.3. The van der Waals surface area contributed by atoms with Gasteiger partial charge in [0.15, 0.2) is 0 Å². The zero-order chi connectivity index (χ0) is 16.9. The van der Waals surface area contributed by atoms with Crippen molar-refractivity contribution in [2.45, 2.75) is 51.1 Å². The molecule has 0 radical (unpaired) electrons. The maximum Gasteiger partial charge on any atom is 0.225 e. The van der Waals surface area contributed by atoms with Crippen molar-refractivity contribution in [2.75, 3.05) is 10.6 Å². The third-order valence-corrected chi connectivity index (χ3v) is 4.80. The van der Waals surface area contributed by atoms with Gasteiger partial charge in [0, 0.05) is 11.4 Å². The molecule has 0 unspecified atom stereocenters. The van der Waals surface area contributed by atoms with Crippen molar-refractivity contribution < 1.29 is 4.42 Å². The second-order valence-corrected chi connectivity index (χ2v) is 6.68. The first kappa shape index (κ1) is 15.9. The summed E-state index contributed by atoms with van der Waals surface area (Å²) in [5, 5.41) is 7.98. The predicted molar refractivity (Wildman–Crippen MR) is 101 cm³/mol. The number of nitrogens with one attached hydrogen (secondary N) is 2. The molecule has 2 heterocycles. The molecule has 25 heavy (non-hydrogen) atoms. The Morgan fingerprint density at radius 3 is 2.60 bits per heavy atom. The molecule has 1 aromatic carbocycles. The SMILES string of the molecule is c1coc(CNc2nc(NC3CCCCCC3)nc3ccccc23)c1. The lowest BCUT2D eigenvalue weighted by atomic mass is 10.1. The van der Waals surface area contributed by atoms with Gasteiger partial charge in [-0.05, 0) is 37.1 Å². The first-order valence-corrected chi connectivity index (χ1v) is 9.18. The Hall–Kier alpha value is -2.56. The second-order valence-electron chi connectivity index (χ2n) is 6.68. The summed E-state index contributed by atoms with van der Waals surface area (Å²) >= 11 is 0. The van der Waals surface area contributed by atoms with Gasteiger partial charge in [0.25, 0.3) is 0 Å². The number of hydrogen-bond acceptors (Lipinski definition) is 5. The average Bonchev–Trinajstić information content (AvgIpc) is 3.03. The van der Waals surface area contributed by atoms with Gasteiger partial charge in [-0.15, -0.1) is 0 Å². The molecule has 5 heteroatoms. The molecule has 2 aromatic heterocycles. The second kappa shape index (κ2) is 7.55. The first-order chi connectivity index (χ1) is 12.4. The molecule has 3 aromatic rings. The van der Waals surface area contributed by atoms with Crippen LogP contribution in [0, 0.1) is 0 Å². The van der Waals surface area contributed by atoms with Gasteiger partial charge in [0.2, 0.25) is 5.95 Å². The molecule has 0 aliphatic heterocycles. The van der Waals surface area contributed by atoms with Crippen LogP contribution in [0.4, 0.5) is 11.8 Å². The predicted octanol–water partition coefficient (Wildman–Crippen LogP) is 4.97. The van der Waals surface area contributed by atoms with Gasteiger partial charge >= 0.3 is 0 Å². The fraction of sp³-hybridized carbons (Fsp3) is 0.400. The maximum atomic E-state index is 5.41. The molecular formula is C20H24N4O. The van der Waals surface area contributed by atoms with Gasteiger partial charge in [0.1, 0.15) is 11.6 Å². The van der Waals surface area contributed by atoms with Crippen LogP contribution in [0.2, 0.25) is 0 Å². The summed E-state index contributed by atoms with van der Waals surface area (Å²) in [7, 11) is 0. The van der Waals surface area contributed by atoms with Crippen molar-refractivity contribution in [2.24, 2.45) is 0 Å². The molecule has 0 spiro atoms. The summed E-state index contributed by atoms with van der Waals surface area (Å²) in [6.07, 6.45) is 9.34. The fourth-order valence-electron chi connectivity index (χ4n) is 3.47. The molecule has 1 aliphatic rings. The van der Waals surface area contributed by atoms with Crippen molar-refractivity contribution in [1.29, 1.82) is 0 Å². The minimum atomic E-state index is 0.474. The fourth-order valence-corrected chi connectivity index (χ4v) is 3.47. The highest BCUT2D eigenvalue weighted by molar-refractivity contribution is 5.90. The van der Waals surface area contributed by atoms with Crippen LogP contribution in [0.15, 0.2) is 47.1 Å². The molecule has 1 aliphatic carbocycles. The van der Waals surface area contributed by atoms with Crippen LogP contribution in [0.3, 0.4) is 0 Å². The van der Waals surface area contributed by atoms with Crippen LogP contribution in [0.5, 0.6) is 0 Å². The summed E-state index contributed by atoms with van der Waals surface area (Å²) in [5.41, 5.74) is 0.954. The van der Waals surface area contributed by atoms with Crippen LogP contribution >= 0.6 is 0 Å². The normalized spacial score (nSPS) is 15.8. The molecule has 130 valence electrons. The minimum Gasteiger partial charge on any atom is -0.467 e. The van der Waals surface area contributed by atoms with Crippen LogP contribution in [0.25, 0.3) is 10.9 Å². The molecule has 4 rings (SSSR count). The third-order valence-electron chi connectivity index (χ3n) is 4.80. The topological polar surface area (TPSA) is 63.0 Å². The molecule has 1 fully saturated rings. The summed E-state index contributed by atoms with van der Waals surface area (Å²) < 4.78 is 5.41. The summed E-state index contributed by atoms with van der Waals surface area (Å²) in [5.74, 6) is 2.45. The van der Waals surface area contributed by atoms with Crippen molar-refractivity contribution >= 4 is 22.7 Å². The summed E-state index contributed by atoms with van der Waals surface area (Å²) in [4.78, 5) is 9.47. The Labute approximate surface area is 147 Å². The van der Waals surface area contributed by atoms with Crippen molar-refractivity contribution in [3.63, 3.8) is 0 Å². The Bertz CT molecular complexity index is 808. The van der Waals surface area contributed by atoms with E-state index in [-0.39, 0.29) is 0 Å². The molecule has 0 amide bonds. The Kier molecular flexibility index (Phi) is 4.81. The first-order valence-electron chi connectivity index (χ1n) is 9.18. The lowest BCUT2D eigenvalue weighted by Crippen LogP contribution is -2.20. The van der Waals surface area contributed by atoms with Crippen LogP contribution in [-0.4, -0.2) is 16.0 Å². The smallest absolute Gasteiger partial charge is 0.225 e. The highest BCUT2D eigenvalue weighted by Gasteiger charge is 2.15. The van der Waals surface area contributed by atoms with E-state index in [1.807, 2.05) is 30.3 Å². The van der Waals surface area contributed by atoms with Crippen LogP contribution in [-0.2, 0) is 6.54 Å². The number of fused-ring (bicyclic) bond motifs is 1. The Balaban J connectivity index is 1.58. The number of hydrogen-bond donors (Lipinski definition) is 2. The van der Waals surface area contributed by atoms with Gasteiger partial charge in [0.05, 0.1) is 18.3 Å². The number of anilines is 2. The van der Waals surface area contributed by atoms with E-state index in [2.05, 4.69) is 16.7 Å². The van der Waals surface area contributed by atoms with E-state index in [9.17, 15) is 0 Å². The number of rotatable bonds is 5. The number of para-hydroxylation sites is 1. The van der Waals surface area contributed by atoms with E-state index in [1.165, 1.54) is 38.5 Å². The molecule has 0 saturated heterocycles. The van der Waals surface area contributed by atoms with Gasteiger partial charge in [-0.2, -0.15) is 4.98 Å². The van der Waals surface area contributed by atoms with Gasteiger partial charge in [-0.25, -0.2) is 4.98 Å². The quantitative estimate of drug-likeness (QED) is 0.644. The number of aromatic nitrogens is 2. The Morgan fingerprint density at radius 1 is 0.960 bits per heavy atom. The maximum absolute atomic E-state index is 5.41. The summed E-state index contributed by atoms with van der Waals surface area (Å²) in [6.45, 7) is 0.608. The lowest BCUT2D eigenvalue weighted by Gasteiger charge is -2.17. The van der Waals surface area contributed by atoms with E-state index in [4.69, 9.17) is 14.4 Å². The lowest BCUT2D eigenvalue weighted by molar-refractivity contribution is 0.518. The molecular weight excluding hydrogens is 312 g/mol. The van der Waals surface area contributed by atoms with Crippen molar-refractivity contribution in [3.05, 3.63) is 48.4 Å². The van der Waals surface area contributed by atoms with E-state index in [1.54, 1.807) is 6.26 Å². The Morgan fingerprint density at radius 2 is 1.80 bits per heavy atom. The number of nitrogens with zero attached hydrogens (tertiary/aromatic N) is 2. The third kappa shape index (κ3) is 3.92. The number of benzene rings is 1. The standard InChI is InChI=1S/C20H24N4O/c1-2-4-9-15(8-3-1)22-20-23-18-12-6-5-11-17(18)19(24-20)21-14-16-10-7-13-25-16/h5-7,10-13,15H,1-4,8-9,14H2,(H2,21,22,23,24). The van der Waals surface area contributed by atoms with Crippen LogP contribution in [0.1, 0.15) is 44.3 Å². The molecule has 2 N–H and O–H groups in total. The zero-order valence-corrected chi connectivity index (χ0v) is 14.4. The monoisotopic (exact) mass is 336 g/mol.